The highest BCUT2D eigenvalue weighted by Gasteiger charge is 2.12. The summed E-state index contributed by atoms with van der Waals surface area (Å²) in [5.74, 6) is 0.563. The van der Waals surface area contributed by atoms with Crippen molar-refractivity contribution in [3.8, 4) is 11.4 Å². The molecule has 0 fully saturated rings. The maximum atomic E-state index is 11.7. The lowest BCUT2D eigenvalue weighted by Crippen LogP contribution is -2.34. The average Bonchev–Trinajstić information content (AvgIpc) is 2.84. The van der Waals surface area contributed by atoms with E-state index in [1.165, 1.54) is 0 Å². The van der Waals surface area contributed by atoms with Gasteiger partial charge in [-0.3, -0.25) is 4.79 Å². The van der Waals surface area contributed by atoms with E-state index in [2.05, 4.69) is 15.5 Å². The van der Waals surface area contributed by atoms with E-state index in [4.69, 9.17) is 5.73 Å². The van der Waals surface area contributed by atoms with Crippen LogP contribution in [-0.4, -0.2) is 26.7 Å². The predicted molar refractivity (Wildman–Crippen MR) is 73.3 cm³/mol. The number of hydrogen-bond acceptors (Lipinski definition) is 4. The second-order valence-corrected chi connectivity index (χ2v) is 4.35. The van der Waals surface area contributed by atoms with Crippen LogP contribution in [0.5, 0.6) is 0 Å². The first-order valence-electron chi connectivity index (χ1n) is 6.12. The van der Waals surface area contributed by atoms with Gasteiger partial charge in [0.05, 0.1) is 6.04 Å². The van der Waals surface area contributed by atoms with Gasteiger partial charge in [-0.2, -0.15) is 0 Å². The molecule has 2 aromatic rings. The Morgan fingerprint density at radius 1 is 1.53 bits per heavy atom. The van der Waals surface area contributed by atoms with Crippen LogP contribution >= 0.6 is 0 Å². The van der Waals surface area contributed by atoms with E-state index in [-0.39, 0.29) is 5.91 Å². The molecule has 0 saturated carbocycles. The van der Waals surface area contributed by atoms with Crippen molar-refractivity contribution in [3.05, 3.63) is 30.6 Å². The van der Waals surface area contributed by atoms with Gasteiger partial charge in [0, 0.05) is 18.3 Å². The topological polar surface area (TPSA) is 85.8 Å². The molecule has 0 aliphatic carbocycles. The molecule has 1 atom stereocenters. The molecule has 0 aliphatic heterocycles. The minimum absolute atomic E-state index is 0.183. The summed E-state index contributed by atoms with van der Waals surface area (Å²) in [5, 5.41) is 10.7. The SMILES string of the molecule is CC[C@@H](N)C(=O)Nc1cccc(-c2nncn2C)c1. The first-order valence-corrected chi connectivity index (χ1v) is 6.12. The molecule has 1 heterocycles. The van der Waals surface area contributed by atoms with Crippen LogP contribution in [0.4, 0.5) is 5.69 Å². The van der Waals surface area contributed by atoms with Gasteiger partial charge in [0.2, 0.25) is 5.91 Å². The molecule has 1 aromatic carbocycles. The van der Waals surface area contributed by atoms with Crippen molar-refractivity contribution < 1.29 is 4.79 Å². The Bertz CT molecular complexity index is 578. The number of nitrogens with one attached hydrogen (secondary N) is 1. The third-order valence-corrected chi connectivity index (χ3v) is 2.88. The number of amides is 1. The summed E-state index contributed by atoms with van der Waals surface area (Å²) < 4.78 is 1.82. The maximum Gasteiger partial charge on any atom is 0.241 e. The molecule has 0 spiro atoms. The molecule has 6 heteroatoms. The summed E-state index contributed by atoms with van der Waals surface area (Å²) in [5.41, 5.74) is 7.28. The molecule has 0 unspecified atom stereocenters. The smallest absolute Gasteiger partial charge is 0.241 e. The Kier molecular flexibility index (Phi) is 3.91. The van der Waals surface area contributed by atoms with Crippen molar-refractivity contribution in [1.82, 2.24) is 14.8 Å². The Balaban J connectivity index is 2.21. The standard InChI is InChI=1S/C13H17N5O/c1-3-11(14)13(19)16-10-6-4-5-9(7-10)12-17-15-8-18(12)2/h4-8,11H,3,14H2,1-2H3,(H,16,19)/t11-/m1/s1. The van der Waals surface area contributed by atoms with Crippen molar-refractivity contribution in [2.24, 2.45) is 12.8 Å². The van der Waals surface area contributed by atoms with Crippen LogP contribution in [0, 0.1) is 0 Å². The van der Waals surface area contributed by atoms with Crippen molar-refractivity contribution in [2.75, 3.05) is 5.32 Å². The molecular formula is C13H17N5O. The van der Waals surface area contributed by atoms with Crippen LogP contribution < -0.4 is 11.1 Å². The molecule has 0 radical (unpaired) electrons. The van der Waals surface area contributed by atoms with Crippen LogP contribution in [0.2, 0.25) is 0 Å². The third kappa shape index (κ3) is 2.97. The zero-order valence-electron chi connectivity index (χ0n) is 11.0. The number of aromatic nitrogens is 3. The quantitative estimate of drug-likeness (QED) is 0.862. The van der Waals surface area contributed by atoms with E-state index in [0.29, 0.717) is 12.1 Å². The number of nitrogens with zero attached hydrogens (tertiary/aromatic N) is 3. The lowest BCUT2D eigenvalue weighted by atomic mass is 10.1. The van der Waals surface area contributed by atoms with Crippen LogP contribution in [0.15, 0.2) is 30.6 Å². The third-order valence-electron chi connectivity index (χ3n) is 2.88. The summed E-state index contributed by atoms with van der Waals surface area (Å²) in [6.45, 7) is 1.88. The largest absolute Gasteiger partial charge is 0.325 e. The monoisotopic (exact) mass is 259 g/mol. The van der Waals surface area contributed by atoms with Gasteiger partial charge in [0.15, 0.2) is 5.82 Å². The lowest BCUT2D eigenvalue weighted by Gasteiger charge is -2.10. The maximum absolute atomic E-state index is 11.7. The van der Waals surface area contributed by atoms with Gasteiger partial charge in [-0.15, -0.1) is 10.2 Å². The molecular weight excluding hydrogens is 242 g/mol. The summed E-state index contributed by atoms with van der Waals surface area (Å²) in [4.78, 5) is 11.7. The Morgan fingerprint density at radius 2 is 2.32 bits per heavy atom. The highest BCUT2D eigenvalue weighted by Crippen LogP contribution is 2.20. The average molecular weight is 259 g/mol. The zero-order valence-corrected chi connectivity index (χ0v) is 11.0. The van der Waals surface area contributed by atoms with Gasteiger partial charge in [-0.05, 0) is 18.6 Å². The van der Waals surface area contributed by atoms with E-state index >= 15 is 0 Å². The van der Waals surface area contributed by atoms with Crippen molar-refractivity contribution >= 4 is 11.6 Å². The molecule has 19 heavy (non-hydrogen) atoms. The molecule has 1 aromatic heterocycles. The number of benzene rings is 1. The van der Waals surface area contributed by atoms with Crippen LogP contribution in [-0.2, 0) is 11.8 Å². The van der Waals surface area contributed by atoms with Crippen LogP contribution in [0.25, 0.3) is 11.4 Å². The van der Waals surface area contributed by atoms with Crippen molar-refractivity contribution in [1.29, 1.82) is 0 Å². The summed E-state index contributed by atoms with van der Waals surface area (Å²) in [7, 11) is 1.87. The number of aryl methyl sites for hydroxylation is 1. The van der Waals surface area contributed by atoms with E-state index in [1.54, 1.807) is 6.33 Å². The molecule has 0 saturated heterocycles. The van der Waals surface area contributed by atoms with Crippen LogP contribution in [0.3, 0.4) is 0 Å². The Hall–Kier alpha value is -2.21. The number of nitrogens with two attached hydrogens (primary N) is 1. The predicted octanol–water partition coefficient (Wildman–Crippen LogP) is 1.16. The van der Waals surface area contributed by atoms with Crippen molar-refractivity contribution in [3.63, 3.8) is 0 Å². The molecule has 0 aliphatic rings. The molecule has 2 rings (SSSR count). The number of rotatable bonds is 4. The number of carbonyl (C=O) groups excluding carboxylic acids is 1. The summed E-state index contributed by atoms with van der Waals surface area (Å²) in [6, 6.07) is 6.96. The minimum Gasteiger partial charge on any atom is -0.325 e. The second-order valence-electron chi connectivity index (χ2n) is 4.35. The molecule has 100 valence electrons. The molecule has 1 amide bonds. The molecule has 3 N–H and O–H groups in total. The lowest BCUT2D eigenvalue weighted by molar-refractivity contribution is -0.117. The van der Waals surface area contributed by atoms with Crippen LogP contribution in [0.1, 0.15) is 13.3 Å². The number of carbonyl (C=O) groups is 1. The summed E-state index contributed by atoms with van der Waals surface area (Å²) in [6.07, 6.45) is 2.24. The van der Waals surface area contributed by atoms with Gasteiger partial charge in [-0.1, -0.05) is 19.1 Å². The number of hydrogen-bond donors (Lipinski definition) is 2. The van der Waals surface area contributed by atoms with E-state index in [9.17, 15) is 4.79 Å². The second kappa shape index (κ2) is 5.62. The van der Waals surface area contributed by atoms with Gasteiger partial charge < -0.3 is 15.6 Å². The summed E-state index contributed by atoms with van der Waals surface area (Å²) >= 11 is 0. The fraction of sp³-hybridized carbons (Fsp3) is 0.308. The van der Waals surface area contributed by atoms with Crippen molar-refractivity contribution in [2.45, 2.75) is 19.4 Å². The van der Waals surface area contributed by atoms with Gasteiger partial charge in [0.25, 0.3) is 0 Å². The van der Waals surface area contributed by atoms with E-state index in [0.717, 1.165) is 11.4 Å². The van der Waals surface area contributed by atoms with E-state index in [1.807, 2.05) is 42.8 Å². The Morgan fingerprint density at radius 3 is 2.95 bits per heavy atom. The van der Waals surface area contributed by atoms with E-state index < -0.39 is 6.04 Å². The Labute approximate surface area is 111 Å². The first kappa shape index (κ1) is 13.2. The minimum atomic E-state index is -0.488. The highest BCUT2D eigenvalue weighted by atomic mass is 16.2. The normalized spacial score (nSPS) is 12.2. The first-order chi connectivity index (χ1) is 9.11. The highest BCUT2D eigenvalue weighted by molar-refractivity contribution is 5.95. The fourth-order valence-electron chi connectivity index (χ4n) is 1.70. The van der Waals surface area contributed by atoms with Gasteiger partial charge >= 0.3 is 0 Å². The zero-order chi connectivity index (χ0) is 13.8. The molecule has 6 nitrogen and oxygen atoms in total. The number of anilines is 1. The van der Waals surface area contributed by atoms with Gasteiger partial charge in [0.1, 0.15) is 6.33 Å². The van der Waals surface area contributed by atoms with Gasteiger partial charge in [-0.25, -0.2) is 0 Å². The molecule has 0 bridgehead atoms. The fourth-order valence-corrected chi connectivity index (χ4v) is 1.70.